The molecule has 0 saturated carbocycles. The van der Waals surface area contributed by atoms with E-state index in [1.54, 1.807) is 0 Å². The first-order valence-electron chi connectivity index (χ1n) is 10.2. The van der Waals surface area contributed by atoms with Crippen molar-refractivity contribution in [2.24, 2.45) is 0 Å². The van der Waals surface area contributed by atoms with E-state index in [1.165, 1.54) is 34.2 Å². The second-order valence-corrected chi connectivity index (χ2v) is 7.98. The zero-order chi connectivity index (χ0) is 18.4. The molecule has 1 saturated heterocycles. The van der Waals surface area contributed by atoms with Crippen LogP contribution in [-0.2, 0) is 6.54 Å². The SMILES string of the molecule is CNCc1ccc(C(=O)N2CCNCC2)c2c1C1CCC2c2ccccc21. The summed E-state index contributed by atoms with van der Waals surface area (Å²) in [6.07, 6.45) is 2.34. The lowest BCUT2D eigenvalue weighted by atomic mass is 9.61. The van der Waals surface area contributed by atoms with Gasteiger partial charge in [-0.25, -0.2) is 0 Å². The Morgan fingerprint density at radius 2 is 1.70 bits per heavy atom. The summed E-state index contributed by atoms with van der Waals surface area (Å²) in [5.74, 6) is 1.01. The number of piperazine rings is 1. The third kappa shape index (κ3) is 2.62. The lowest BCUT2D eigenvalue weighted by Crippen LogP contribution is -2.47. The number of carbonyl (C=O) groups is 1. The fourth-order valence-corrected chi connectivity index (χ4v) is 5.43. The molecule has 140 valence electrons. The average Bonchev–Trinajstić information content (AvgIpc) is 2.74. The lowest BCUT2D eigenvalue weighted by molar-refractivity contribution is 0.0733. The molecule has 4 heteroatoms. The molecule has 0 radical (unpaired) electrons. The van der Waals surface area contributed by atoms with Crippen molar-refractivity contribution in [1.29, 1.82) is 0 Å². The molecule has 2 unspecified atom stereocenters. The number of hydrogen-bond donors (Lipinski definition) is 2. The second kappa shape index (κ2) is 6.77. The summed E-state index contributed by atoms with van der Waals surface area (Å²) >= 11 is 0. The number of nitrogens with one attached hydrogen (secondary N) is 2. The summed E-state index contributed by atoms with van der Waals surface area (Å²) in [7, 11) is 2.00. The van der Waals surface area contributed by atoms with Crippen LogP contribution in [0.5, 0.6) is 0 Å². The highest BCUT2D eigenvalue weighted by Gasteiger charge is 2.41. The van der Waals surface area contributed by atoms with Crippen molar-refractivity contribution in [3.63, 3.8) is 0 Å². The minimum absolute atomic E-state index is 0.216. The molecule has 1 fully saturated rings. The van der Waals surface area contributed by atoms with Crippen LogP contribution in [0.25, 0.3) is 0 Å². The molecule has 1 aliphatic heterocycles. The quantitative estimate of drug-likeness (QED) is 0.884. The first-order chi connectivity index (χ1) is 13.3. The van der Waals surface area contributed by atoms with Gasteiger partial charge in [-0.2, -0.15) is 0 Å². The molecule has 2 aromatic carbocycles. The van der Waals surface area contributed by atoms with Crippen LogP contribution in [0.3, 0.4) is 0 Å². The Labute approximate surface area is 161 Å². The molecule has 4 aliphatic rings. The van der Waals surface area contributed by atoms with Gasteiger partial charge < -0.3 is 15.5 Å². The minimum atomic E-state index is 0.216. The van der Waals surface area contributed by atoms with Crippen LogP contribution in [0.1, 0.15) is 62.9 Å². The number of benzene rings is 2. The maximum absolute atomic E-state index is 13.4. The molecule has 1 amide bonds. The van der Waals surface area contributed by atoms with Gasteiger partial charge in [0.2, 0.25) is 0 Å². The molecule has 2 bridgehead atoms. The summed E-state index contributed by atoms with van der Waals surface area (Å²) in [5, 5.41) is 6.67. The van der Waals surface area contributed by atoms with Crippen LogP contribution >= 0.6 is 0 Å². The molecular weight excluding hydrogens is 334 g/mol. The van der Waals surface area contributed by atoms with E-state index < -0.39 is 0 Å². The van der Waals surface area contributed by atoms with Gasteiger partial charge in [0.15, 0.2) is 0 Å². The van der Waals surface area contributed by atoms with Gasteiger partial charge in [-0.3, -0.25) is 4.79 Å². The van der Waals surface area contributed by atoms with Crippen LogP contribution < -0.4 is 10.6 Å². The van der Waals surface area contributed by atoms with Gasteiger partial charge in [-0.05, 0) is 53.8 Å². The zero-order valence-electron chi connectivity index (χ0n) is 15.9. The van der Waals surface area contributed by atoms with Gasteiger partial charge in [0.1, 0.15) is 0 Å². The first-order valence-corrected chi connectivity index (χ1v) is 10.2. The zero-order valence-corrected chi connectivity index (χ0v) is 15.9. The van der Waals surface area contributed by atoms with E-state index in [4.69, 9.17) is 0 Å². The first kappa shape index (κ1) is 17.0. The van der Waals surface area contributed by atoms with E-state index in [1.807, 2.05) is 11.9 Å². The van der Waals surface area contributed by atoms with E-state index >= 15 is 0 Å². The highest BCUT2D eigenvalue weighted by Crippen LogP contribution is 2.54. The van der Waals surface area contributed by atoms with Crippen molar-refractivity contribution in [2.45, 2.75) is 31.2 Å². The van der Waals surface area contributed by atoms with Crippen molar-refractivity contribution in [2.75, 3.05) is 33.2 Å². The van der Waals surface area contributed by atoms with E-state index in [-0.39, 0.29) is 5.91 Å². The monoisotopic (exact) mass is 361 g/mol. The number of nitrogens with zero attached hydrogens (tertiary/aromatic N) is 1. The van der Waals surface area contributed by atoms with E-state index in [0.29, 0.717) is 11.8 Å². The molecule has 0 aromatic heterocycles. The Morgan fingerprint density at radius 1 is 1.04 bits per heavy atom. The Morgan fingerprint density at radius 3 is 2.37 bits per heavy atom. The van der Waals surface area contributed by atoms with Crippen molar-refractivity contribution >= 4 is 5.91 Å². The third-order valence-corrected chi connectivity index (χ3v) is 6.57. The summed E-state index contributed by atoms with van der Waals surface area (Å²) in [6.45, 7) is 4.24. The highest BCUT2D eigenvalue weighted by atomic mass is 16.2. The smallest absolute Gasteiger partial charge is 0.254 e. The fourth-order valence-electron chi connectivity index (χ4n) is 5.43. The topological polar surface area (TPSA) is 44.4 Å². The Balaban J connectivity index is 1.66. The van der Waals surface area contributed by atoms with E-state index in [0.717, 1.165) is 44.7 Å². The van der Waals surface area contributed by atoms with Crippen LogP contribution in [0.4, 0.5) is 0 Å². The maximum Gasteiger partial charge on any atom is 0.254 e. The summed E-state index contributed by atoms with van der Waals surface area (Å²) < 4.78 is 0. The second-order valence-electron chi connectivity index (χ2n) is 7.98. The number of carbonyl (C=O) groups excluding carboxylic acids is 1. The van der Waals surface area contributed by atoms with Crippen molar-refractivity contribution < 1.29 is 4.79 Å². The highest BCUT2D eigenvalue weighted by molar-refractivity contribution is 5.97. The fraction of sp³-hybridized carbons (Fsp3) is 0.435. The number of rotatable bonds is 3. The van der Waals surface area contributed by atoms with E-state index in [2.05, 4.69) is 47.0 Å². The van der Waals surface area contributed by atoms with Gasteiger partial charge >= 0.3 is 0 Å². The molecule has 0 spiro atoms. The molecule has 27 heavy (non-hydrogen) atoms. The summed E-state index contributed by atoms with van der Waals surface area (Å²) in [6, 6.07) is 13.2. The van der Waals surface area contributed by atoms with Gasteiger partial charge in [-0.15, -0.1) is 0 Å². The molecule has 1 heterocycles. The van der Waals surface area contributed by atoms with Gasteiger partial charge in [0.25, 0.3) is 5.91 Å². The lowest BCUT2D eigenvalue weighted by Gasteiger charge is -2.43. The molecule has 2 N–H and O–H groups in total. The van der Waals surface area contributed by atoms with Gasteiger partial charge in [-0.1, -0.05) is 30.3 Å². The van der Waals surface area contributed by atoms with Gasteiger partial charge in [0.05, 0.1) is 0 Å². The Bertz CT molecular complexity index is 885. The third-order valence-electron chi connectivity index (χ3n) is 6.57. The Kier molecular flexibility index (Phi) is 4.25. The van der Waals surface area contributed by atoms with Gasteiger partial charge in [0, 0.05) is 50.1 Å². The van der Waals surface area contributed by atoms with E-state index in [9.17, 15) is 4.79 Å². The molecular formula is C23H27N3O. The van der Waals surface area contributed by atoms with Crippen molar-refractivity contribution in [3.05, 3.63) is 69.8 Å². The van der Waals surface area contributed by atoms with Crippen molar-refractivity contribution in [3.8, 4) is 0 Å². The predicted molar refractivity (Wildman–Crippen MR) is 107 cm³/mol. The summed E-state index contributed by atoms with van der Waals surface area (Å²) in [4.78, 5) is 15.4. The Hall–Kier alpha value is -2.17. The molecule has 6 rings (SSSR count). The van der Waals surface area contributed by atoms with Crippen LogP contribution in [0.15, 0.2) is 36.4 Å². The van der Waals surface area contributed by atoms with Crippen molar-refractivity contribution in [1.82, 2.24) is 15.5 Å². The normalized spacial score (nSPS) is 23.1. The average molecular weight is 361 g/mol. The number of hydrogen-bond acceptors (Lipinski definition) is 3. The van der Waals surface area contributed by atoms with Crippen LogP contribution in [0, 0.1) is 0 Å². The molecule has 2 atom stereocenters. The number of amides is 1. The van der Waals surface area contributed by atoms with Crippen LogP contribution in [-0.4, -0.2) is 44.0 Å². The molecule has 3 aliphatic carbocycles. The minimum Gasteiger partial charge on any atom is -0.336 e. The predicted octanol–water partition coefficient (Wildman–Crippen LogP) is 2.82. The molecule has 4 nitrogen and oxygen atoms in total. The standard InChI is InChI=1S/C23H27N3O/c1-24-14-15-6-7-20(23(27)26-12-10-25-11-13-26)22-19-9-8-18(21(15)22)16-4-2-3-5-17(16)19/h2-7,18-19,24-25H,8-14H2,1H3. The summed E-state index contributed by atoms with van der Waals surface area (Å²) in [5.41, 5.74) is 7.97. The maximum atomic E-state index is 13.4. The molecule has 2 aromatic rings. The largest absolute Gasteiger partial charge is 0.336 e. The van der Waals surface area contributed by atoms with Crippen LogP contribution in [0.2, 0.25) is 0 Å². The number of fused-ring (bicyclic) bond motifs is 1.